The van der Waals surface area contributed by atoms with E-state index >= 15 is 0 Å². The highest BCUT2D eigenvalue weighted by molar-refractivity contribution is 6.20. The first kappa shape index (κ1) is 15.7. The van der Waals surface area contributed by atoms with Gasteiger partial charge in [0.2, 0.25) is 11.9 Å². The zero-order chi connectivity index (χ0) is 16.9. The number of unbranched alkanes of at least 4 members (excludes halogenated alkanes) is 1. The summed E-state index contributed by atoms with van der Waals surface area (Å²) in [5, 5.41) is 0. The van der Waals surface area contributed by atoms with Crippen molar-refractivity contribution in [1.29, 1.82) is 0 Å². The Kier molecular flexibility index (Phi) is 3.74. The van der Waals surface area contributed by atoms with Gasteiger partial charge in [0.1, 0.15) is 11.4 Å². The monoisotopic (exact) mass is 318 g/mol. The molecule has 0 aliphatic carbocycles. The lowest BCUT2D eigenvalue weighted by Gasteiger charge is -2.32. The lowest BCUT2D eigenvalue weighted by molar-refractivity contribution is -0.689. The lowest BCUT2D eigenvalue weighted by atomic mass is 10.1. The predicted octanol–water partition coefficient (Wildman–Crippen LogP) is 1.69. The van der Waals surface area contributed by atoms with E-state index in [4.69, 9.17) is 0 Å². The standard InChI is InChI=1S/C16H24N5O2/c1-6-8-9-20-10(3)11(4)21-12-13(17-15(20)21)18(5)16(23)19(7-2)14(12)22/h12H,6-9H2,1-5H3/q+1. The summed E-state index contributed by atoms with van der Waals surface area (Å²) in [4.78, 5) is 32.6. The number of aromatic nitrogens is 2. The van der Waals surface area contributed by atoms with Crippen molar-refractivity contribution in [2.75, 3.05) is 13.6 Å². The van der Waals surface area contributed by atoms with Gasteiger partial charge in [0.05, 0.1) is 6.54 Å². The smallest absolute Gasteiger partial charge is 0.270 e. The number of amidine groups is 1. The molecule has 2 aliphatic rings. The number of hydrogen-bond acceptors (Lipinski definition) is 3. The number of likely N-dealkylation sites (N-methyl/N-ethyl adjacent to an activating group) is 2. The fourth-order valence-corrected chi connectivity index (χ4v) is 3.38. The van der Waals surface area contributed by atoms with Crippen LogP contribution in [-0.2, 0) is 11.3 Å². The Morgan fingerprint density at radius 3 is 2.52 bits per heavy atom. The summed E-state index contributed by atoms with van der Waals surface area (Å²) >= 11 is 0. The fourth-order valence-electron chi connectivity index (χ4n) is 3.38. The van der Waals surface area contributed by atoms with Crippen LogP contribution in [0.5, 0.6) is 0 Å². The maximum atomic E-state index is 12.8. The number of aliphatic imine (C=N–C) groups is 1. The molecule has 1 atom stereocenters. The zero-order valence-electron chi connectivity index (χ0n) is 14.5. The van der Waals surface area contributed by atoms with Gasteiger partial charge in [0.25, 0.3) is 5.91 Å². The third-order valence-corrected chi connectivity index (χ3v) is 4.88. The SMILES string of the molecule is CCCC[n+]1c(C)c(C)n2c1N=C1C2C(=O)N(CC)C(=O)N1C. The van der Waals surface area contributed by atoms with E-state index in [2.05, 4.69) is 23.4 Å². The molecule has 0 spiro atoms. The highest BCUT2D eigenvalue weighted by Gasteiger charge is 2.53. The van der Waals surface area contributed by atoms with Crippen LogP contribution in [0.15, 0.2) is 4.99 Å². The molecule has 1 unspecified atom stereocenters. The first-order chi connectivity index (χ1) is 10.9. The second-order valence-corrected chi connectivity index (χ2v) is 6.14. The normalized spacial score (nSPS) is 20.0. The van der Waals surface area contributed by atoms with E-state index in [0.29, 0.717) is 12.4 Å². The summed E-state index contributed by atoms with van der Waals surface area (Å²) in [5.74, 6) is 1.13. The summed E-state index contributed by atoms with van der Waals surface area (Å²) in [7, 11) is 1.69. The molecule has 7 heteroatoms. The van der Waals surface area contributed by atoms with E-state index < -0.39 is 6.04 Å². The van der Waals surface area contributed by atoms with Gasteiger partial charge in [-0.05, 0) is 27.2 Å². The summed E-state index contributed by atoms with van der Waals surface area (Å²) in [6.45, 7) is 9.29. The summed E-state index contributed by atoms with van der Waals surface area (Å²) in [5.41, 5.74) is 2.17. The van der Waals surface area contributed by atoms with Gasteiger partial charge in [-0.15, -0.1) is 0 Å². The first-order valence-corrected chi connectivity index (χ1v) is 8.22. The lowest BCUT2D eigenvalue weighted by Crippen LogP contribution is -2.57. The van der Waals surface area contributed by atoms with Gasteiger partial charge in [0, 0.05) is 13.6 Å². The molecule has 2 aliphatic heterocycles. The molecule has 7 nitrogen and oxygen atoms in total. The van der Waals surface area contributed by atoms with Crippen LogP contribution >= 0.6 is 0 Å². The van der Waals surface area contributed by atoms with Crippen molar-refractivity contribution in [2.24, 2.45) is 4.99 Å². The minimum atomic E-state index is -0.519. The van der Waals surface area contributed by atoms with Crippen molar-refractivity contribution in [3.8, 4) is 0 Å². The first-order valence-electron chi connectivity index (χ1n) is 8.22. The minimum Gasteiger partial charge on any atom is -0.270 e. The molecule has 0 saturated carbocycles. The van der Waals surface area contributed by atoms with Crippen LogP contribution in [0.25, 0.3) is 0 Å². The minimum absolute atomic E-state index is 0.186. The Hall–Kier alpha value is -2.18. The van der Waals surface area contributed by atoms with Crippen LogP contribution < -0.4 is 4.57 Å². The molecular formula is C16H24N5O2+. The molecule has 0 N–H and O–H groups in total. The maximum Gasteiger partial charge on any atom is 0.402 e. The average Bonchev–Trinajstić information content (AvgIpc) is 3.02. The van der Waals surface area contributed by atoms with E-state index in [1.54, 1.807) is 7.05 Å². The molecule has 0 aromatic carbocycles. The Bertz CT molecular complexity index is 719. The van der Waals surface area contributed by atoms with Crippen LogP contribution in [0.1, 0.15) is 44.1 Å². The second-order valence-electron chi connectivity index (χ2n) is 6.14. The van der Waals surface area contributed by atoms with Crippen LogP contribution in [-0.4, -0.2) is 45.7 Å². The number of fused-ring (bicyclic) bond motifs is 3. The maximum absolute atomic E-state index is 12.8. The van der Waals surface area contributed by atoms with E-state index in [9.17, 15) is 9.59 Å². The summed E-state index contributed by atoms with van der Waals surface area (Å²) in [6, 6.07) is -0.818. The number of hydrogen-bond donors (Lipinski definition) is 0. The molecule has 3 heterocycles. The highest BCUT2D eigenvalue weighted by atomic mass is 16.2. The number of urea groups is 1. The van der Waals surface area contributed by atoms with Crippen molar-refractivity contribution in [2.45, 2.75) is 53.1 Å². The molecule has 23 heavy (non-hydrogen) atoms. The van der Waals surface area contributed by atoms with E-state index in [0.717, 1.165) is 36.7 Å². The van der Waals surface area contributed by atoms with Crippen molar-refractivity contribution >= 4 is 23.7 Å². The van der Waals surface area contributed by atoms with Gasteiger partial charge < -0.3 is 0 Å². The Morgan fingerprint density at radius 1 is 1.22 bits per heavy atom. The third-order valence-electron chi connectivity index (χ3n) is 4.88. The van der Waals surface area contributed by atoms with Gasteiger partial charge in [-0.25, -0.2) is 13.9 Å². The largest absolute Gasteiger partial charge is 0.402 e. The third kappa shape index (κ3) is 2.02. The zero-order valence-corrected chi connectivity index (χ0v) is 14.5. The molecule has 1 aromatic heterocycles. The van der Waals surface area contributed by atoms with Gasteiger partial charge in [-0.3, -0.25) is 14.6 Å². The van der Waals surface area contributed by atoms with Crippen molar-refractivity contribution in [3.05, 3.63) is 11.4 Å². The predicted molar refractivity (Wildman–Crippen MR) is 85.7 cm³/mol. The fraction of sp³-hybridized carbons (Fsp3) is 0.625. The van der Waals surface area contributed by atoms with E-state index in [1.807, 2.05) is 18.4 Å². The number of carbonyl (C=O) groups is 2. The Morgan fingerprint density at radius 2 is 1.91 bits per heavy atom. The molecule has 1 aromatic rings. The highest BCUT2D eigenvalue weighted by Crippen LogP contribution is 2.35. The second kappa shape index (κ2) is 5.47. The van der Waals surface area contributed by atoms with Crippen LogP contribution in [0, 0.1) is 13.8 Å². The van der Waals surface area contributed by atoms with Crippen molar-refractivity contribution in [1.82, 2.24) is 14.4 Å². The van der Waals surface area contributed by atoms with Gasteiger partial charge >= 0.3 is 12.0 Å². The number of rotatable bonds is 4. The van der Waals surface area contributed by atoms with Crippen LogP contribution in [0.2, 0.25) is 0 Å². The average molecular weight is 318 g/mol. The van der Waals surface area contributed by atoms with Gasteiger partial charge in [-0.1, -0.05) is 18.3 Å². The van der Waals surface area contributed by atoms with Crippen molar-refractivity contribution < 1.29 is 14.2 Å². The van der Waals surface area contributed by atoms with Crippen molar-refractivity contribution in [3.63, 3.8) is 0 Å². The molecule has 1 saturated heterocycles. The number of imidazole rings is 1. The number of nitrogens with zero attached hydrogens (tertiary/aromatic N) is 5. The molecule has 0 radical (unpaired) electrons. The summed E-state index contributed by atoms with van der Waals surface area (Å²) < 4.78 is 4.14. The molecular weight excluding hydrogens is 294 g/mol. The van der Waals surface area contributed by atoms with E-state index in [1.165, 1.54) is 9.80 Å². The summed E-state index contributed by atoms with van der Waals surface area (Å²) in [6.07, 6.45) is 2.15. The molecule has 0 bridgehead atoms. The molecule has 1 fully saturated rings. The molecule has 3 amide bonds. The Labute approximate surface area is 136 Å². The Balaban J connectivity index is 2.13. The van der Waals surface area contributed by atoms with Crippen LogP contribution in [0.3, 0.4) is 0 Å². The number of carbonyl (C=O) groups excluding carboxylic acids is 2. The molecule has 124 valence electrons. The quantitative estimate of drug-likeness (QED) is 0.793. The van der Waals surface area contributed by atoms with Gasteiger partial charge in [-0.2, -0.15) is 0 Å². The van der Waals surface area contributed by atoms with Gasteiger partial charge in [0.15, 0.2) is 0 Å². The van der Waals surface area contributed by atoms with Crippen LogP contribution in [0.4, 0.5) is 10.7 Å². The number of imide groups is 1. The molecule has 3 rings (SSSR count). The van der Waals surface area contributed by atoms with E-state index in [-0.39, 0.29) is 11.9 Å². The topological polar surface area (TPSA) is 61.8 Å². The number of amides is 3.